The van der Waals surface area contributed by atoms with Crippen molar-refractivity contribution >= 4 is 35.6 Å². The van der Waals surface area contributed by atoms with E-state index >= 15 is 0 Å². The van der Waals surface area contributed by atoms with Crippen LogP contribution in [0.2, 0.25) is 0 Å². The molecule has 0 atom stereocenters. The minimum atomic E-state index is 0. The first-order valence-corrected chi connectivity index (χ1v) is 12.2. The Morgan fingerprint density at radius 2 is 1.34 bits per heavy atom. The molecule has 2 aliphatic carbocycles. The van der Waals surface area contributed by atoms with E-state index < -0.39 is 0 Å². The molecule has 0 heterocycles. The Morgan fingerprint density at radius 3 is 2.03 bits per heavy atom. The Labute approximate surface area is 226 Å². The second-order valence-electron chi connectivity index (χ2n) is 9.69. The fraction of sp³-hybridized carbons (Fsp3) is 0.483. The van der Waals surface area contributed by atoms with Crippen LogP contribution in [0.1, 0.15) is 87.7 Å². The van der Waals surface area contributed by atoms with Gasteiger partial charge in [0.1, 0.15) is 0 Å². The standard InChI is InChI=1S/C29H35.2ClH.Zr/c1-2-5-10-22(9-4-1)19-23-20-27-13-8-14-28(29(27)21-23)26-17-15-25(16-18-26)24-11-6-3-7-12-24;;;/h8,13-18,20-22,24H,1-7,9-12,19H2;2*1H;/q-1;;;. The van der Waals surface area contributed by atoms with Crippen LogP contribution in [-0.2, 0) is 32.6 Å². The molecule has 0 aliphatic heterocycles. The van der Waals surface area contributed by atoms with Crippen LogP contribution in [0.25, 0.3) is 21.9 Å². The number of hydrogen-bond acceptors (Lipinski definition) is 0. The van der Waals surface area contributed by atoms with Gasteiger partial charge in [-0.25, -0.2) is 0 Å². The third-order valence-electron chi connectivity index (χ3n) is 7.61. The zero-order valence-electron chi connectivity index (χ0n) is 19.2. The maximum absolute atomic E-state index is 2.49. The van der Waals surface area contributed by atoms with Gasteiger partial charge in [-0.2, -0.15) is 6.07 Å². The maximum atomic E-state index is 2.49. The van der Waals surface area contributed by atoms with Crippen molar-refractivity contribution < 1.29 is 26.2 Å². The van der Waals surface area contributed by atoms with Crippen molar-refractivity contribution in [3.63, 3.8) is 0 Å². The fourth-order valence-corrected chi connectivity index (χ4v) is 5.94. The molecule has 0 amide bonds. The van der Waals surface area contributed by atoms with Gasteiger partial charge in [0, 0.05) is 26.2 Å². The monoisotopic (exact) mass is 545 g/mol. The summed E-state index contributed by atoms with van der Waals surface area (Å²) in [5.41, 5.74) is 5.89. The van der Waals surface area contributed by atoms with E-state index in [1.807, 2.05) is 0 Å². The summed E-state index contributed by atoms with van der Waals surface area (Å²) in [6, 6.07) is 21.3. The Bertz CT molecular complexity index is 929. The van der Waals surface area contributed by atoms with Gasteiger partial charge in [0.05, 0.1) is 0 Å². The molecule has 0 aromatic heterocycles. The van der Waals surface area contributed by atoms with Crippen molar-refractivity contribution in [3.8, 4) is 11.1 Å². The van der Waals surface area contributed by atoms with Crippen LogP contribution in [-0.4, -0.2) is 0 Å². The third-order valence-corrected chi connectivity index (χ3v) is 7.61. The number of rotatable bonds is 4. The molecule has 0 spiro atoms. The predicted octanol–water partition coefficient (Wildman–Crippen LogP) is 9.63. The summed E-state index contributed by atoms with van der Waals surface area (Å²) in [5, 5.41) is 2.86. The molecule has 5 rings (SSSR count). The molecular formula is C29H37Cl2Zr-. The summed E-state index contributed by atoms with van der Waals surface area (Å²) >= 11 is 0. The summed E-state index contributed by atoms with van der Waals surface area (Å²) in [6.07, 6.45) is 16.9. The molecule has 0 unspecified atom stereocenters. The van der Waals surface area contributed by atoms with Crippen LogP contribution in [0, 0.1) is 5.92 Å². The molecule has 0 nitrogen and oxygen atoms in total. The zero-order valence-corrected chi connectivity index (χ0v) is 23.2. The van der Waals surface area contributed by atoms with Gasteiger partial charge in [-0.3, -0.25) is 0 Å². The van der Waals surface area contributed by atoms with Crippen molar-refractivity contribution in [3.05, 3.63) is 65.7 Å². The molecular weight excluding hydrogens is 510 g/mol. The molecule has 0 saturated heterocycles. The van der Waals surface area contributed by atoms with Gasteiger partial charge >= 0.3 is 0 Å². The van der Waals surface area contributed by atoms with E-state index in [1.54, 1.807) is 11.1 Å². The smallest absolute Gasteiger partial charge is 0 e. The molecule has 0 radical (unpaired) electrons. The average molecular weight is 548 g/mol. The van der Waals surface area contributed by atoms with E-state index in [2.05, 4.69) is 54.6 Å². The Balaban J connectivity index is 0.00000121. The molecule has 32 heavy (non-hydrogen) atoms. The Morgan fingerprint density at radius 1 is 0.719 bits per heavy atom. The zero-order chi connectivity index (χ0) is 19.5. The largest absolute Gasteiger partial charge is 0.164 e. The van der Waals surface area contributed by atoms with Crippen molar-refractivity contribution in [1.29, 1.82) is 0 Å². The van der Waals surface area contributed by atoms with E-state index in [0.717, 1.165) is 11.8 Å². The third kappa shape index (κ3) is 6.55. The Kier molecular flexibility index (Phi) is 11.6. The first-order chi connectivity index (χ1) is 14.4. The maximum Gasteiger partial charge on any atom is 0 e. The van der Waals surface area contributed by atoms with Gasteiger partial charge in [0.25, 0.3) is 0 Å². The summed E-state index contributed by atoms with van der Waals surface area (Å²) in [4.78, 5) is 0. The van der Waals surface area contributed by atoms with E-state index in [0.29, 0.717) is 0 Å². The quantitative estimate of drug-likeness (QED) is 0.225. The molecule has 3 aromatic carbocycles. The number of halogens is 2. The van der Waals surface area contributed by atoms with Gasteiger partial charge in [0.15, 0.2) is 0 Å². The van der Waals surface area contributed by atoms with E-state index in [4.69, 9.17) is 0 Å². The van der Waals surface area contributed by atoms with E-state index in [9.17, 15) is 0 Å². The average Bonchev–Trinajstić information content (AvgIpc) is 3.01. The molecule has 2 aliphatic rings. The first-order valence-electron chi connectivity index (χ1n) is 12.2. The van der Waals surface area contributed by atoms with Crippen molar-refractivity contribution in [2.45, 2.75) is 83.0 Å². The molecule has 2 fully saturated rings. The van der Waals surface area contributed by atoms with Gasteiger partial charge in [-0.15, -0.1) is 59.3 Å². The Hall–Kier alpha value is -0.487. The van der Waals surface area contributed by atoms with Crippen LogP contribution >= 0.6 is 24.8 Å². The number of hydrogen-bond donors (Lipinski definition) is 0. The second kappa shape index (κ2) is 13.4. The number of fused-ring (bicyclic) bond motifs is 1. The minimum absolute atomic E-state index is 0. The topological polar surface area (TPSA) is 0 Å². The fourth-order valence-electron chi connectivity index (χ4n) is 5.94. The molecule has 0 N–H and O–H groups in total. The second-order valence-corrected chi connectivity index (χ2v) is 9.69. The summed E-state index contributed by atoms with van der Waals surface area (Å²) in [6.45, 7) is 0. The van der Waals surface area contributed by atoms with Gasteiger partial charge < -0.3 is 0 Å². The summed E-state index contributed by atoms with van der Waals surface area (Å²) in [5.74, 6) is 1.69. The molecule has 172 valence electrons. The van der Waals surface area contributed by atoms with Gasteiger partial charge in [-0.05, 0) is 42.2 Å². The van der Waals surface area contributed by atoms with Crippen LogP contribution in [0.15, 0.2) is 54.6 Å². The molecule has 3 heteroatoms. The van der Waals surface area contributed by atoms with Crippen molar-refractivity contribution in [2.75, 3.05) is 0 Å². The molecule has 3 aromatic rings. The van der Waals surface area contributed by atoms with Crippen LogP contribution in [0.5, 0.6) is 0 Å². The van der Waals surface area contributed by atoms with Crippen LogP contribution < -0.4 is 0 Å². The SMILES string of the molecule is Cl.Cl.[Zr].c1cc(-c2ccc(C3CCCCC3)cc2)c2cc(CC3CCCCCC3)[cH-]c2c1. The normalized spacial score (nSPS) is 17.6. The molecule has 0 bridgehead atoms. The van der Waals surface area contributed by atoms with Crippen LogP contribution in [0.4, 0.5) is 0 Å². The minimum Gasteiger partial charge on any atom is -0.164 e. The van der Waals surface area contributed by atoms with Crippen molar-refractivity contribution in [1.82, 2.24) is 0 Å². The van der Waals surface area contributed by atoms with E-state index in [-0.39, 0.29) is 51.0 Å². The number of benzene rings is 2. The van der Waals surface area contributed by atoms with Crippen LogP contribution in [0.3, 0.4) is 0 Å². The summed E-state index contributed by atoms with van der Waals surface area (Å²) < 4.78 is 0. The van der Waals surface area contributed by atoms with Gasteiger partial charge in [0.2, 0.25) is 0 Å². The van der Waals surface area contributed by atoms with Gasteiger partial charge in [-0.1, -0.05) is 93.7 Å². The molecule has 2 saturated carbocycles. The first kappa shape index (κ1) is 27.8. The van der Waals surface area contributed by atoms with E-state index in [1.165, 1.54) is 98.9 Å². The van der Waals surface area contributed by atoms with Crippen molar-refractivity contribution in [2.24, 2.45) is 5.92 Å². The summed E-state index contributed by atoms with van der Waals surface area (Å²) in [7, 11) is 0. The predicted molar refractivity (Wildman–Crippen MR) is 140 cm³/mol.